The molecule has 1 aromatic carbocycles. The molecule has 1 aliphatic rings. The van der Waals surface area contributed by atoms with Crippen LogP contribution >= 0.6 is 28.1 Å². The van der Waals surface area contributed by atoms with Crippen LogP contribution < -0.4 is 20.1 Å². The van der Waals surface area contributed by atoms with Crippen molar-refractivity contribution in [2.24, 2.45) is 5.92 Å². The zero-order valence-electron chi connectivity index (χ0n) is 13.2. The normalized spacial score (nSPS) is 20.5. The van der Waals surface area contributed by atoms with Crippen molar-refractivity contribution in [3.63, 3.8) is 0 Å². The maximum absolute atomic E-state index is 12.1. The van der Waals surface area contributed by atoms with Gasteiger partial charge in [-0.2, -0.15) is 0 Å². The molecule has 0 saturated carbocycles. The molecule has 2 N–H and O–H groups in total. The molecule has 0 aromatic heterocycles. The minimum atomic E-state index is -0.420. The van der Waals surface area contributed by atoms with Gasteiger partial charge in [-0.1, -0.05) is 6.58 Å². The molecule has 1 heterocycles. The summed E-state index contributed by atoms with van der Waals surface area (Å²) in [6.07, 6.45) is 0. The Bertz CT molecular complexity index is 663. The van der Waals surface area contributed by atoms with E-state index in [1.54, 1.807) is 14.0 Å². The van der Waals surface area contributed by atoms with Crippen molar-refractivity contribution in [2.75, 3.05) is 13.7 Å². The largest absolute Gasteiger partial charge is 0.492 e. The van der Waals surface area contributed by atoms with Crippen LogP contribution in [-0.2, 0) is 4.79 Å². The second kappa shape index (κ2) is 7.31. The molecule has 0 bridgehead atoms. The molecular weight excluding hydrogens is 380 g/mol. The maximum Gasteiger partial charge on any atom is 0.174 e. The summed E-state index contributed by atoms with van der Waals surface area (Å²) < 4.78 is 11.8. The Labute approximate surface area is 149 Å². The Balaban J connectivity index is 2.51. The first-order chi connectivity index (χ1) is 10.9. The van der Waals surface area contributed by atoms with Gasteiger partial charge in [0.2, 0.25) is 0 Å². The molecule has 23 heavy (non-hydrogen) atoms. The molecule has 1 saturated heterocycles. The van der Waals surface area contributed by atoms with Crippen LogP contribution in [0.15, 0.2) is 28.9 Å². The first-order valence-corrected chi connectivity index (χ1v) is 8.36. The summed E-state index contributed by atoms with van der Waals surface area (Å²) in [7, 11) is 1.58. The van der Waals surface area contributed by atoms with Gasteiger partial charge in [-0.15, -0.1) is 0 Å². The van der Waals surface area contributed by atoms with Crippen molar-refractivity contribution in [1.29, 1.82) is 0 Å². The number of nitrogens with one attached hydrogen (secondary N) is 2. The zero-order chi connectivity index (χ0) is 17.1. The number of Topliss-reactive ketones (excluding diaryl/α,β-unsaturated/α-hetero) is 1. The van der Waals surface area contributed by atoms with Crippen LogP contribution in [0.1, 0.15) is 25.5 Å². The molecular formula is C16H19BrN2O3S. The van der Waals surface area contributed by atoms with E-state index < -0.39 is 5.92 Å². The van der Waals surface area contributed by atoms with Gasteiger partial charge >= 0.3 is 0 Å². The summed E-state index contributed by atoms with van der Waals surface area (Å²) in [5.74, 6) is 0.813. The van der Waals surface area contributed by atoms with Gasteiger partial charge in [0.05, 0.1) is 30.1 Å². The highest BCUT2D eigenvalue weighted by Gasteiger charge is 2.35. The van der Waals surface area contributed by atoms with E-state index in [2.05, 4.69) is 33.1 Å². The Kier molecular flexibility index (Phi) is 5.64. The minimum Gasteiger partial charge on any atom is -0.492 e. The monoisotopic (exact) mass is 398 g/mol. The van der Waals surface area contributed by atoms with Crippen LogP contribution in [0.5, 0.6) is 11.5 Å². The van der Waals surface area contributed by atoms with E-state index in [9.17, 15) is 4.79 Å². The van der Waals surface area contributed by atoms with Crippen LogP contribution in [0.25, 0.3) is 0 Å². The van der Waals surface area contributed by atoms with Gasteiger partial charge in [0, 0.05) is 5.70 Å². The van der Waals surface area contributed by atoms with Crippen LogP contribution in [0.4, 0.5) is 0 Å². The molecule has 1 fully saturated rings. The molecule has 0 spiro atoms. The fourth-order valence-corrected chi connectivity index (χ4v) is 3.55. The van der Waals surface area contributed by atoms with Crippen LogP contribution in [-0.4, -0.2) is 24.6 Å². The number of carbonyl (C=O) groups excluding carboxylic acids is 1. The maximum atomic E-state index is 12.1. The molecule has 0 amide bonds. The molecule has 0 unspecified atom stereocenters. The second-order valence-electron chi connectivity index (χ2n) is 5.16. The van der Waals surface area contributed by atoms with Crippen molar-refractivity contribution in [3.8, 4) is 11.5 Å². The van der Waals surface area contributed by atoms with Crippen molar-refractivity contribution in [1.82, 2.24) is 10.6 Å². The smallest absolute Gasteiger partial charge is 0.174 e. The third-order valence-electron chi connectivity index (χ3n) is 3.60. The van der Waals surface area contributed by atoms with E-state index in [0.717, 1.165) is 10.0 Å². The summed E-state index contributed by atoms with van der Waals surface area (Å²) in [5, 5.41) is 6.52. The molecule has 1 aromatic rings. The SMILES string of the molecule is C=C1NC(=S)N[C@H](c2cc(Br)c(OC)c(OCC)c2)[C@H]1C(C)=O. The number of thiocarbonyl (C=S) groups is 1. The summed E-state index contributed by atoms with van der Waals surface area (Å²) in [6, 6.07) is 3.45. The number of halogens is 1. The van der Waals surface area contributed by atoms with Gasteiger partial charge in [-0.25, -0.2) is 0 Å². The number of carbonyl (C=O) groups is 1. The van der Waals surface area contributed by atoms with E-state index in [4.69, 9.17) is 21.7 Å². The Hall–Kier alpha value is -1.60. The van der Waals surface area contributed by atoms with Crippen molar-refractivity contribution >= 4 is 39.0 Å². The predicted octanol–water partition coefficient (Wildman–Crippen LogP) is 3.09. The number of hydrogen-bond acceptors (Lipinski definition) is 4. The van der Waals surface area contributed by atoms with E-state index in [1.165, 1.54) is 0 Å². The highest BCUT2D eigenvalue weighted by molar-refractivity contribution is 9.10. The van der Waals surface area contributed by atoms with E-state index in [1.807, 2.05) is 19.1 Å². The van der Waals surface area contributed by atoms with Gasteiger partial charge in [0.15, 0.2) is 16.6 Å². The molecule has 0 radical (unpaired) electrons. The lowest BCUT2D eigenvalue weighted by atomic mass is 9.86. The van der Waals surface area contributed by atoms with Gasteiger partial charge in [0.1, 0.15) is 5.78 Å². The van der Waals surface area contributed by atoms with E-state index in [-0.39, 0.29) is 11.8 Å². The Morgan fingerprint density at radius 3 is 2.74 bits per heavy atom. The predicted molar refractivity (Wildman–Crippen MR) is 96.8 cm³/mol. The van der Waals surface area contributed by atoms with Gasteiger partial charge in [-0.05, 0) is 59.7 Å². The topological polar surface area (TPSA) is 59.6 Å². The summed E-state index contributed by atoms with van der Waals surface area (Å²) in [4.78, 5) is 12.1. The Morgan fingerprint density at radius 2 is 2.17 bits per heavy atom. The number of ketones is 1. The lowest BCUT2D eigenvalue weighted by Crippen LogP contribution is -2.50. The lowest BCUT2D eigenvalue weighted by Gasteiger charge is -2.35. The van der Waals surface area contributed by atoms with E-state index >= 15 is 0 Å². The first kappa shape index (κ1) is 17.7. The third-order valence-corrected chi connectivity index (χ3v) is 4.41. The lowest BCUT2D eigenvalue weighted by molar-refractivity contribution is -0.120. The molecule has 1 aliphatic heterocycles. The quantitative estimate of drug-likeness (QED) is 0.743. The second-order valence-corrected chi connectivity index (χ2v) is 6.42. The van der Waals surface area contributed by atoms with Gasteiger partial charge in [-0.3, -0.25) is 4.79 Å². The Morgan fingerprint density at radius 1 is 1.48 bits per heavy atom. The summed E-state index contributed by atoms with van der Waals surface area (Å²) in [5.41, 5.74) is 1.46. The molecule has 0 aliphatic carbocycles. The third kappa shape index (κ3) is 3.67. The van der Waals surface area contributed by atoms with Gasteiger partial charge < -0.3 is 20.1 Å². The number of methoxy groups -OCH3 is 1. The van der Waals surface area contributed by atoms with Crippen molar-refractivity contribution in [3.05, 3.63) is 34.4 Å². The number of ether oxygens (including phenoxy) is 2. The van der Waals surface area contributed by atoms with Gasteiger partial charge in [0.25, 0.3) is 0 Å². The highest BCUT2D eigenvalue weighted by Crippen LogP contribution is 2.40. The molecule has 124 valence electrons. The van der Waals surface area contributed by atoms with Crippen LogP contribution in [0, 0.1) is 5.92 Å². The average molecular weight is 399 g/mol. The molecule has 5 nitrogen and oxygen atoms in total. The number of benzene rings is 1. The summed E-state index contributed by atoms with van der Waals surface area (Å²) in [6.45, 7) is 7.88. The van der Waals surface area contributed by atoms with Crippen molar-refractivity contribution < 1.29 is 14.3 Å². The first-order valence-electron chi connectivity index (χ1n) is 7.16. The molecule has 7 heteroatoms. The number of hydrogen-bond donors (Lipinski definition) is 2. The standard InChI is InChI=1S/C16H19BrN2O3S/c1-5-22-12-7-10(6-11(17)15(12)21-4)14-13(9(3)20)8(2)18-16(23)19-14/h6-7,13-14H,2,5H2,1,3-4H3,(H2,18,19,23)/t13-,14-/m1/s1. The van der Waals surface area contributed by atoms with Crippen molar-refractivity contribution in [2.45, 2.75) is 19.9 Å². The van der Waals surface area contributed by atoms with E-state index in [0.29, 0.717) is 28.9 Å². The fraction of sp³-hybridized carbons (Fsp3) is 0.375. The average Bonchev–Trinajstić information content (AvgIpc) is 2.45. The number of rotatable bonds is 5. The zero-order valence-corrected chi connectivity index (χ0v) is 15.6. The van der Waals surface area contributed by atoms with Crippen LogP contribution in [0.2, 0.25) is 0 Å². The molecule has 2 atom stereocenters. The highest BCUT2D eigenvalue weighted by atomic mass is 79.9. The fourth-order valence-electron chi connectivity index (χ4n) is 2.67. The summed E-state index contributed by atoms with van der Waals surface area (Å²) >= 11 is 8.70. The minimum absolute atomic E-state index is 0.00685. The molecule has 2 rings (SSSR count). The van der Waals surface area contributed by atoms with Crippen LogP contribution in [0.3, 0.4) is 0 Å².